The van der Waals surface area contributed by atoms with Crippen LogP contribution in [0.2, 0.25) is 0 Å². The molecular formula is C27H29N5O5S. The zero-order valence-corrected chi connectivity index (χ0v) is 21.5. The molecule has 3 atom stereocenters. The molecule has 2 heterocycles. The number of methoxy groups -OCH3 is 1. The van der Waals surface area contributed by atoms with Crippen molar-refractivity contribution in [2.24, 2.45) is 11.7 Å². The third-order valence-electron chi connectivity index (χ3n) is 6.10. The first-order valence-corrected chi connectivity index (χ1v) is 12.8. The molecule has 10 nitrogen and oxygen atoms in total. The van der Waals surface area contributed by atoms with Crippen molar-refractivity contribution >= 4 is 34.8 Å². The predicted octanol–water partition coefficient (Wildman–Crippen LogP) is 2.39. The van der Waals surface area contributed by atoms with Crippen LogP contribution in [0.25, 0.3) is 0 Å². The van der Waals surface area contributed by atoms with Crippen LogP contribution in [-0.2, 0) is 20.9 Å². The molecule has 1 saturated heterocycles. The maximum atomic E-state index is 13.1. The van der Waals surface area contributed by atoms with Crippen molar-refractivity contribution in [2.45, 2.75) is 25.2 Å². The first-order chi connectivity index (χ1) is 18.3. The fraction of sp³-hybridized carbons (Fsp3) is 0.259. The molecule has 1 fully saturated rings. The summed E-state index contributed by atoms with van der Waals surface area (Å²) in [5.74, 6) is -0.258. The van der Waals surface area contributed by atoms with Crippen LogP contribution < -0.4 is 26.4 Å². The minimum absolute atomic E-state index is 0.0217. The van der Waals surface area contributed by atoms with Gasteiger partial charge in [-0.25, -0.2) is 0 Å². The highest BCUT2D eigenvalue weighted by atomic mass is 32.1. The van der Waals surface area contributed by atoms with E-state index in [0.29, 0.717) is 35.7 Å². The van der Waals surface area contributed by atoms with Crippen LogP contribution >= 0.6 is 11.3 Å². The van der Waals surface area contributed by atoms with Crippen molar-refractivity contribution in [1.82, 2.24) is 16.0 Å². The summed E-state index contributed by atoms with van der Waals surface area (Å²) in [6.07, 6.45) is -0.859. The molecule has 0 radical (unpaired) electrons. The van der Waals surface area contributed by atoms with Crippen LogP contribution in [-0.4, -0.2) is 49.4 Å². The Balaban J connectivity index is 1.27. The maximum Gasteiger partial charge on any atom is 0.253 e. The van der Waals surface area contributed by atoms with E-state index < -0.39 is 24.1 Å². The highest BCUT2D eigenvalue weighted by Gasteiger charge is 2.37. The minimum atomic E-state index is -1.15. The van der Waals surface area contributed by atoms with Gasteiger partial charge in [-0.2, -0.15) is 0 Å². The largest absolute Gasteiger partial charge is 0.457 e. The maximum absolute atomic E-state index is 13.1. The molecule has 0 spiro atoms. The van der Waals surface area contributed by atoms with Crippen molar-refractivity contribution in [3.8, 4) is 11.5 Å². The monoisotopic (exact) mass is 535 g/mol. The van der Waals surface area contributed by atoms with Gasteiger partial charge < -0.3 is 31.2 Å². The topological polar surface area (TPSA) is 156 Å². The number of hydrogen-bond donors (Lipinski definition) is 5. The molecule has 1 aromatic heterocycles. The molecule has 0 aliphatic carbocycles. The first-order valence-electron chi connectivity index (χ1n) is 12.0. The lowest BCUT2D eigenvalue weighted by atomic mass is 9.98. The zero-order valence-electron chi connectivity index (χ0n) is 20.7. The van der Waals surface area contributed by atoms with E-state index in [1.807, 2.05) is 30.3 Å². The van der Waals surface area contributed by atoms with Crippen LogP contribution in [0.1, 0.15) is 27.2 Å². The lowest BCUT2D eigenvalue weighted by molar-refractivity contribution is -0.133. The lowest BCUT2D eigenvalue weighted by Gasteiger charge is -2.19. The second-order valence-electron chi connectivity index (χ2n) is 8.76. The lowest BCUT2D eigenvalue weighted by Crippen LogP contribution is -2.45. The van der Waals surface area contributed by atoms with Crippen LogP contribution in [0.4, 0.5) is 0 Å². The number of thiophene rings is 1. The Kier molecular flexibility index (Phi) is 8.85. The number of carbonyl (C=O) groups is 3. The molecule has 1 aliphatic rings. The molecule has 11 heteroatoms. The van der Waals surface area contributed by atoms with E-state index in [2.05, 4.69) is 16.0 Å². The van der Waals surface area contributed by atoms with E-state index in [-0.39, 0.29) is 23.9 Å². The third-order valence-corrected chi connectivity index (χ3v) is 7.04. The number of hydrogen-bond acceptors (Lipinski definition) is 8. The summed E-state index contributed by atoms with van der Waals surface area (Å²) in [5, 5.41) is 17.8. The number of amides is 2. The fourth-order valence-electron chi connectivity index (χ4n) is 4.03. The first kappa shape index (κ1) is 27.0. The van der Waals surface area contributed by atoms with Crippen LogP contribution in [0.15, 0.2) is 66.0 Å². The van der Waals surface area contributed by atoms with Crippen molar-refractivity contribution in [3.63, 3.8) is 0 Å². The molecule has 0 unspecified atom stereocenters. The third kappa shape index (κ3) is 6.82. The standard InChI is InChI=1S/C27H29N5O5S/c1-36-27(32-25(34)16-7-9-20(10-8-16)37-19-5-3-2-4-6-19)23(33)17-12-22(30-13-17)26(35)31-14-21-11-18(15-38-21)24(28)29/h2-11,15,17,22,27,30H,12-14H2,1H3,(H3,28,29)(H,31,35)(H,32,34)/t17-,22-,27-/m0/s1. The zero-order chi connectivity index (χ0) is 27.1. The Morgan fingerprint density at radius 2 is 1.82 bits per heavy atom. The molecule has 4 rings (SSSR count). The van der Waals surface area contributed by atoms with Gasteiger partial charge in [-0.1, -0.05) is 18.2 Å². The van der Waals surface area contributed by atoms with Crippen molar-refractivity contribution in [2.75, 3.05) is 13.7 Å². The number of amidine groups is 1. The van der Waals surface area contributed by atoms with Gasteiger partial charge in [0.15, 0.2) is 12.0 Å². The molecule has 2 amide bonds. The average molecular weight is 536 g/mol. The molecule has 1 aliphatic heterocycles. The Bertz CT molecular complexity index is 1290. The van der Waals surface area contributed by atoms with E-state index in [0.717, 1.165) is 4.88 Å². The van der Waals surface area contributed by atoms with Gasteiger partial charge in [0.05, 0.1) is 12.6 Å². The summed E-state index contributed by atoms with van der Waals surface area (Å²) in [4.78, 5) is 39.3. The number of nitrogens with two attached hydrogens (primary N) is 1. The van der Waals surface area contributed by atoms with Crippen LogP contribution in [0, 0.1) is 11.3 Å². The van der Waals surface area contributed by atoms with Crippen LogP contribution in [0.5, 0.6) is 11.5 Å². The van der Waals surface area contributed by atoms with Crippen LogP contribution in [0.3, 0.4) is 0 Å². The Morgan fingerprint density at radius 1 is 1.11 bits per heavy atom. The molecule has 3 aromatic rings. The summed E-state index contributed by atoms with van der Waals surface area (Å²) < 4.78 is 11.0. The number of ether oxygens (including phenoxy) is 2. The van der Waals surface area contributed by atoms with Gasteiger partial charge in [0.2, 0.25) is 5.91 Å². The molecule has 38 heavy (non-hydrogen) atoms. The average Bonchev–Trinajstić information content (AvgIpc) is 3.61. The van der Waals surface area contributed by atoms with Gasteiger partial charge >= 0.3 is 0 Å². The smallest absolute Gasteiger partial charge is 0.253 e. The second-order valence-corrected chi connectivity index (χ2v) is 9.75. The highest BCUT2D eigenvalue weighted by molar-refractivity contribution is 7.10. The van der Waals surface area contributed by atoms with Gasteiger partial charge in [-0.05, 0) is 48.9 Å². The van der Waals surface area contributed by atoms with Gasteiger partial charge in [0, 0.05) is 41.0 Å². The summed E-state index contributed by atoms with van der Waals surface area (Å²) in [6, 6.07) is 17.1. The normalized spacial score (nSPS) is 17.4. The van der Waals surface area contributed by atoms with E-state index >= 15 is 0 Å². The summed E-state index contributed by atoms with van der Waals surface area (Å²) in [6.45, 7) is 0.602. The van der Waals surface area contributed by atoms with E-state index in [1.54, 1.807) is 35.7 Å². The summed E-state index contributed by atoms with van der Waals surface area (Å²) in [5.41, 5.74) is 6.45. The fourth-order valence-corrected chi connectivity index (χ4v) is 4.85. The van der Waals surface area contributed by atoms with E-state index in [4.69, 9.17) is 20.6 Å². The number of benzene rings is 2. The summed E-state index contributed by atoms with van der Waals surface area (Å²) >= 11 is 1.41. The SMILES string of the molecule is CO[C@H](NC(=O)c1ccc(Oc2ccccc2)cc1)C(=O)[C@@H]1CN[C@H](C(=O)NCc2cc(C(=N)N)cs2)C1. The number of nitrogen functional groups attached to an aromatic ring is 1. The number of rotatable bonds is 11. The molecule has 0 bridgehead atoms. The number of ketones is 1. The number of Topliss-reactive ketones (excluding diaryl/α,β-unsaturated/α-hetero) is 1. The molecule has 0 saturated carbocycles. The van der Waals surface area contributed by atoms with Gasteiger partial charge in [0.25, 0.3) is 5.91 Å². The Morgan fingerprint density at radius 3 is 2.47 bits per heavy atom. The Hall–Kier alpha value is -4.06. The number of para-hydroxylation sites is 1. The quantitative estimate of drug-likeness (QED) is 0.143. The molecule has 6 N–H and O–H groups in total. The molecule has 198 valence electrons. The highest BCUT2D eigenvalue weighted by Crippen LogP contribution is 2.22. The molecule has 2 aromatic carbocycles. The van der Waals surface area contributed by atoms with Gasteiger partial charge in [-0.3, -0.25) is 19.8 Å². The minimum Gasteiger partial charge on any atom is -0.457 e. The van der Waals surface area contributed by atoms with E-state index in [1.165, 1.54) is 18.4 Å². The number of nitrogens with one attached hydrogen (secondary N) is 4. The number of carbonyl (C=O) groups excluding carboxylic acids is 3. The van der Waals surface area contributed by atoms with Gasteiger partial charge in [0.1, 0.15) is 17.3 Å². The van der Waals surface area contributed by atoms with Crippen molar-refractivity contribution in [3.05, 3.63) is 82.0 Å². The Labute approximate surface area is 224 Å². The van der Waals surface area contributed by atoms with E-state index in [9.17, 15) is 14.4 Å². The molecular weight excluding hydrogens is 506 g/mol. The summed E-state index contributed by atoms with van der Waals surface area (Å²) in [7, 11) is 1.35. The van der Waals surface area contributed by atoms with Crippen molar-refractivity contribution < 1.29 is 23.9 Å². The van der Waals surface area contributed by atoms with Crippen molar-refractivity contribution in [1.29, 1.82) is 5.41 Å². The second kappa shape index (κ2) is 12.5. The van der Waals surface area contributed by atoms with Gasteiger partial charge in [-0.15, -0.1) is 11.3 Å². The predicted molar refractivity (Wildman–Crippen MR) is 143 cm³/mol.